The Morgan fingerprint density at radius 3 is 1.96 bits per heavy atom. The fourth-order valence-electron chi connectivity index (χ4n) is 5.79. The van der Waals surface area contributed by atoms with E-state index in [-0.39, 0.29) is 0 Å². The molecule has 4 aliphatic rings. The van der Waals surface area contributed by atoms with Gasteiger partial charge in [0.1, 0.15) is 0 Å². The Kier molecular flexibility index (Phi) is 3.95. The van der Waals surface area contributed by atoms with Gasteiger partial charge in [-0.1, -0.05) is 12.1 Å². The quantitative estimate of drug-likeness (QED) is 0.705. The van der Waals surface area contributed by atoms with Crippen molar-refractivity contribution in [2.45, 2.75) is 57.9 Å². The van der Waals surface area contributed by atoms with Crippen molar-refractivity contribution in [3.8, 4) is 0 Å². The molecule has 124 valence electrons. The number of rotatable bonds is 5. The molecular weight excluding hydrogens is 280 g/mol. The first-order valence-electron chi connectivity index (χ1n) is 9.60. The van der Waals surface area contributed by atoms with Crippen molar-refractivity contribution in [2.24, 2.45) is 22.7 Å². The van der Waals surface area contributed by atoms with E-state index < -0.39 is 0 Å². The molecule has 0 aliphatic heterocycles. The molecule has 1 aromatic rings. The zero-order valence-electron chi connectivity index (χ0n) is 14.7. The Labute approximate surface area is 141 Å². The predicted octanol–water partition coefficient (Wildman–Crippen LogP) is 4.92. The van der Waals surface area contributed by atoms with Crippen LogP contribution in [0.3, 0.4) is 0 Å². The van der Waals surface area contributed by atoms with Gasteiger partial charge in [-0.15, -0.1) is 0 Å². The van der Waals surface area contributed by atoms with Crippen LogP contribution in [0, 0.1) is 17.8 Å². The Hall–Kier alpha value is -1.31. The number of benzene rings is 1. The van der Waals surface area contributed by atoms with E-state index in [4.69, 9.17) is 4.99 Å². The van der Waals surface area contributed by atoms with Crippen molar-refractivity contribution < 1.29 is 0 Å². The third-order valence-corrected chi connectivity index (χ3v) is 6.52. The fraction of sp³-hybridized carbons (Fsp3) is 0.667. The molecule has 0 heterocycles. The van der Waals surface area contributed by atoms with Gasteiger partial charge in [-0.3, -0.25) is 4.99 Å². The lowest BCUT2D eigenvalue weighted by Gasteiger charge is -2.54. The van der Waals surface area contributed by atoms with Crippen LogP contribution in [0.15, 0.2) is 29.3 Å². The second kappa shape index (κ2) is 5.96. The van der Waals surface area contributed by atoms with Crippen molar-refractivity contribution in [1.29, 1.82) is 0 Å². The molecule has 0 spiro atoms. The Morgan fingerprint density at radius 2 is 1.48 bits per heavy atom. The van der Waals surface area contributed by atoms with Crippen LogP contribution in [-0.2, 0) is 0 Å². The third-order valence-electron chi connectivity index (χ3n) is 6.52. The van der Waals surface area contributed by atoms with Gasteiger partial charge in [0.25, 0.3) is 0 Å². The van der Waals surface area contributed by atoms with E-state index in [1.807, 2.05) is 0 Å². The molecule has 4 aliphatic carbocycles. The largest absolute Gasteiger partial charge is 0.372 e. The second-order valence-corrected chi connectivity index (χ2v) is 8.16. The lowest BCUT2D eigenvalue weighted by atomic mass is 9.53. The molecule has 0 N–H and O–H groups in total. The number of nitrogens with zero attached hydrogens (tertiary/aromatic N) is 2. The van der Waals surface area contributed by atoms with Gasteiger partial charge in [-0.25, -0.2) is 0 Å². The summed E-state index contributed by atoms with van der Waals surface area (Å²) in [6, 6.07) is 8.96. The van der Waals surface area contributed by atoms with E-state index in [0.29, 0.717) is 5.54 Å². The van der Waals surface area contributed by atoms with Gasteiger partial charge in [-0.05, 0) is 87.8 Å². The monoisotopic (exact) mass is 310 g/mol. The summed E-state index contributed by atoms with van der Waals surface area (Å²) in [4.78, 5) is 7.55. The van der Waals surface area contributed by atoms with Gasteiger partial charge in [0, 0.05) is 25.0 Å². The van der Waals surface area contributed by atoms with Gasteiger partial charge in [-0.2, -0.15) is 0 Å². The molecule has 2 heteroatoms. The first-order valence-corrected chi connectivity index (χ1v) is 9.60. The van der Waals surface area contributed by atoms with Gasteiger partial charge < -0.3 is 4.90 Å². The number of hydrogen-bond acceptors (Lipinski definition) is 2. The molecular formula is C21H30N2. The fourth-order valence-corrected chi connectivity index (χ4v) is 5.79. The molecule has 1 aromatic carbocycles. The molecule has 23 heavy (non-hydrogen) atoms. The Morgan fingerprint density at radius 1 is 0.957 bits per heavy atom. The van der Waals surface area contributed by atoms with Crippen molar-refractivity contribution in [2.75, 3.05) is 18.0 Å². The smallest absolute Gasteiger partial charge is 0.0616 e. The molecule has 0 atom stereocenters. The predicted molar refractivity (Wildman–Crippen MR) is 98.5 cm³/mol. The summed E-state index contributed by atoms with van der Waals surface area (Å²) in [5.74, 6) is 2.93. The standard InChI is InChI=1S/C21H30N2/c1-3-23(4-2)20-7-5-16(6-8-20)15-22-21-12-17-9-18(13-21)11-19(10-17)14-21/h5-8,15,17-19H,3-4,9-14H2,1-2H3. The molecule has 5 rings (SSSR count). The van der Waals surface area contributed by atoms with E-state index in [0.717, 1.165) is 30.8 Å². The number of hydrogen-bond donors (Lipinski definition) is 0. The van der Waals surface area contributed by atoms with Gasteiger partial charge >= 0.3 is 0 Å². The first kappa shape index (κ1) is 15.2. The number of anilines is 1. The van der Waals surface area contributed by atoms with Crippen LogP contribution >= 0.6 is 0 Å². The summed E-state index contributed by atoms with van der Waals surface area (Å²) >= 11 is 0. The van der Waals surface area contributed by atoms with Crippen LogP contribution < -0.4 is 4.90 Å². The Balaban J connectivity index is 1.48. The van der Waals surface area contributed by atoms with Crippen LogP contribution in [0.25, 0.3) is 0 Å². The molecule has 0 saturated heterocycles. The maximum Gasteiger partial charge on any atom is 0.0616 e. The third kappa shape index (κ3) is 2.93. The average Bonchev–Trinajstić information content (AvgIpc) is 2.54. The molecule has 4 fully saturated rings. The van der Waals surface area contributed by atoms with Gasteiger partial charge in [0.15, 0.2) is 0 Å². The van der Waals surface area contributed by atoms with Crippen molar-refractivity contribution in [1.82, 2.24) is 0 Å². The lowest BCUT2D eigenvalue weighted by Crippen LogP contribution is -2.49. The lowest BCUT2D eigenvalue weighted by molar-refractivity contribution is 0.00195. The molecule has 0 aromatic heterocycles. The highest BCUT2D eigenvalue weighted by molar-refractivity contribution is 5.80. The first-order chi connectivity index (χ1) is 11.2. The number of aliphatic imine (C=N–C) groups is 1. The highest BCUT2D eigenvalue weighted by atomic mass is 15.1. The van der Waals surface area contributed by atoms with E-state index in [2.05, 4.69) is 49.2 Å². The highest BCUT2D eigenvalue weighted by Gasteiger charge is 2.50. The maximum atomic E-state index is 5.16. The maximum absolute atomic E-state index is 5.16. The topological polar surface area (TPSA) is 15.6 Å². The van der Waals surface area contributed by atoms with E-state index >= 15 is 0 Å². The zero-order valence-corrected chi connectivity index (χ0v) is 14.7. The van der Waals surface area contributed by atoms with Crippen LogP contribution in [0.1, 0.15) is 57.9 Å². The van der Waals surface area contributed by atoms with Crippen LogP contribution in [0.4, 0.5) is 5.69 Å². The molecule has 2 nitrogen and oxygen atoms in total. The van der Waals surface area contributed by atoms with Crippen molar-refractivity contribution in [3.63, 3.8) is 0 Å². The van der Waals surface area contributed by atoms with E-state index in [1.54, 1.807) is 0 Å². The van der Waals surface area contributed by atoms with Crippen LogP contribution in [0.5, 0.6) is 0 Å². The summed E-state index contributed by atoms with van der Waals surface area (Å²) in [6.07, 6.45) is 10.7. The highest BCUT2D eigenvalue weighted by Crippen LogP contribution is 2.57. The molecule has 0 amide bonds. The normalized spacial score (nSPS) is 35.1. The SMILES string of the molecule is CCN(CC)c1ccc(C=NC23CC4CC(CC(C4)C2)C3)cc1. The van der Waals surface area contributed by atoms with Gasteiger partial charge in [0.05, 0.1) is 5.54 Å². The zero-order chi connectivity index (χ0) is 15.9. The summed E-state index contributed by atoms with van der Waals surface area (Å²) < 4.78 is 0. The average molecular weight is 310 g/mol. The summed E-state index contributed by atoms with van der Waals surface area (Å²) in [7, 11) is 0. The molecule has 4 saturated carbocycles. The minimum absolute atomic E-state index is 0.298. The minimum Gasteiger partial charge on any atom is -0.372 e. The van der Waals surface area contributed by atoms with E-state index in [9.17, 15) is 0 Å². The summed E-state index contributed by atoms with van der Waals surface area (Å²) in [5, 5.41) is 0. The van der Waals surface area contributed by atoms with Gasteiger partial charge in [0.2, 0.25) is 0 Å². The minimum atomic E-state index is 0.298. The molecule has 0 radical (unpaired) electrons. The molecule has 4 bridgehead atoms. The molecule has 0 unspecified atom stereocenters. The van der Waals surface area contributed by atoms with Crippen LogP contribution in [-0.4, -0.2) is 24.8 Å². The summed E-state index contributed by atoms with van der Waals surface area (Å²) in [6.45, 7) is 6.56. The van der Waals surface area contributed by atoms with Crippen LogP contribution in [0.2, 0.25) is 0 Å². The van der Waals surface area contributed by atoms with Crippen molar-refractivity contribution >= 4 is 11.9 Å². The van der Waals surface area contributed by atoms with E-state index in [1.165, 1.54) is 49.8 Å². The summed E-state index contributed by atoms with van der Waals surface area (Å²) in [5.41, 5.74) is 2.88. The van der Waals surface area contributed by atoms with Crippen molar-refractivity contribution in [3.05, 3.63) is 29.8 Å². The second-order valence-electron chi connectivity index (χ2n) is 8.16. The Bertz CT molecular complexity index is 533.